The summed E-state index contributed by atoms with van der Waals surface area (Å²) in [5.74, 6) is 0. The van der Waals surface area contributed by atoms with Gasteiger partial charge in [-0.1, -0.05) is 197 Å². The molecule has 0 saturated carbocycles. The molecule has 0 atom stereocenters. The van der Waals surface area contributed by atoms with Crippen LogP contribution in [0.15, 0.2) is 151 Å². The second kappa shape index (κ2) is 13.2. The molecule has 3 heterocycles. The minimum Gasteiger partial charge on any atom is -0.375 e. The maximum absolute atomic E-state index is 2.85. The highest BCUT2D eigenvalue weighted by molar-refractivity contribution is 6.86. The van der Waals surface area contributed by atoms with Crippen molar-refractivity contribution in [3.8, 4) is 33.4 Å². The Morgan fingerprint density at radius 2 is 1.14 bits per heavy atom. The van der Waals surface area contributed by atoms with Crippen molar-refractivity contribution in [2.24, 2.45) is 0 Å². The van der Waals surface area contributed by atoms with Gasteiger partial charge in [-0.15, -0.1) is 0 Å². The average molecular weight is 893 g/mol. The minimum absolute atomic E-state index is 0.0387. The molecule has 0 spiro atoms. The average Bonchev–Trinajstić information content (AvgIpc) is 3.88. The molecule has 0 fully saturated rings. The van der Waals surface area contributed by atoms with Crippen LogP contribution in [0.3, 0.4) is 0 Å². The predicted molar refractivity (Wildman–Crippen MR) is 295 cm³/mol. The molecule has 0 N–H and O–H groups in total. The van der Waals surface area contributed by atoms with E-state index in [4.69, 9.17) is 0 Å². The van der Waals surface area contributed by atoms with Gasteiger partial charge in [0.1, 0.15) is 0 Å². The lowest BCUT2D eigenvalue weighted by atomic mass is 9.40. The molecule has 3 heteroatoms. The van der Waals surface area contributed by atoms with E-state index in [-0.39, 0.29) is 33.9 Å². The van der Waals surface area contributed by atoms with Gasteiger partial charge in [-0.25, -0.2) is 0 Å². The van der Waals surface area contributed by atoms with Crippen LogP contribution in [0.25, 0.3) is 71.7 Å². The molecule has 1 aromatic heterocycles. The quantitative estimate of drug-likeness (QED) is 0.157. The summed E-state index contributed by atoms with van der Waals surface area (Å²) in [6.07, 6.45) is 2.35. The van der Waals surface area contributed by atoms with Crippen LogP contribution in [0.1, 0.15) is 128 Å². The molecule has 8 aromatic carbocycles. The maximum atomic E-state index is 2.85. The highest BCUT2D eigenvalue weighted by Crippen LogP contribution is 2.63. The molecule has 0 saturated heterocycles. The standard InChI is InChI=1S/C66H61BN2/c1-62(2,3)40-29-31-54(46(34-40)38-20-13-12-14-21-38)68-59-49-36-52-53(64(6,7)33-32-63(52,4)5)37-51(49)66(10,11)61(59)67-56-48(35-47-42-24-17-18-27-50(42)65(8,9)55(47)60(56)68)44-26-19-25-43-45-30-28-39-22-15-16-23-41(39)57(45)69(67)58(43)44/h12-31,34-37H,32-33H2,1-11H3. The number of hydrogen-bond acceptors (Lipinski definition) is 1. The SMILES string of the molecule is CC(C)(C)c1ccc(N2C3=C(B4c5c(cc6c(c52)C(C)(C)c2ccccc2-6)-c2cccc5c6ccc7ccccc7c6n4c25)C(C)(C)c2cc4c(cc23)C(C)(C)CCC4(C)C)c(-c2ccccc2)c1. The number of fused-ring (bicyclic) bond motifs is 15. The van der Waals surface area contributed by atoms with E-state index in [0.29, 0.717) is 0 Å². The van der Waals surface area contributed by atoms with Crippen LogP contribution in [0, 0.1) is 0 Å². The first kappa shape index (κ1) is 41.4. The summed E-state index contributed by atoms with van der Waals surface area (Å²) in [6.45, 7) is 27.1. The summed E-state index contributed by atoms with van der Waals surface area (Å²) in [6, 6.07) is 57.1. The van der Waals surface area contributed by atoms with E-state index in [9.17, 15) is 0 Å². The Morgan fingerprint density at radius 1 is 0.478 bits per heavy atom. The number of anilines is 2. The van der Waals surface area contributed by atoms with Crippen LogP contribution in [-0.4, -0.2) is 11.3 Å². The summed E-state index contributed by atoms with van der Waals surface area (Å²) in [5.41, 5.74) is 27.1. The van der Waals surface area contributed by atoms with Crippen molar-refractivity contribution >= 4 is 62.0 Å². The Bertz CT molecular complexity index is 3830. The molecule has 14 rings (SSSR count). The van der Waals surface area contributed by atoms with E-state index in [2.05, 4.69) is 231 Å². The van der Waals surface area contributed by atoms with Crippen LogP contribution >= 0.6 is 0 Å². The zero-order valence-corrected chi connectivity index (χ0v) is 42.2. The third-order valence-electron chi connectivity index (χ3n) is 18.1. The number of nitrogens with zero attached hydrogens (tertiary/aromatic N) is 2. The maximum Gasteiger partial charge on any atom is 0.329 e. The first-order valence-electron chi connectivity index (χ1n) is 25.6. The molecule has 0 bridgehead atoms. The molecular formula is C66H61BN2. The van der Waals surface area contributed by atoms with Crippen LogP contribution in [0.4, 0.5) is 11.4 Å². The van der Waals surface area contributed by atoms with Gasteiger partial charge in [0.2, 0.25) is 0 Å². The smallest absolute Gasteiger partial charge is 0.329 e. The van der Waals surface area contributed by atoms with Gasteiger partial charge in [0.15, 0.2) is 0 Å². The molecule has 0 amide bonds. The molecule has 0 radical (unpaired) electrons. The minimum atomic E-state index is -0.329. The number of aromatic nitrogens is 1. The number of allylic oxidation sites excluding steroid dienone is 1. The summed E-state index contributed by atoms with van der Waals surface area (Å²) < 4.78 is 2.85. The summed E-state index contributed by atoms with van der Waals surface area (Å²) >= 11 is 0. The molecule has 5 aliphatic rings. The van der Waals surface area contributed by atoms with E-state index in [1.54, 1.807) is 0 Å². The van der Waals surface area contributed by atoms with Crippen LogP contribution in [0.2, 0.25) is 0 Å². The fraction of sp³-hybridized carbons (Fsp3) is 0.273. The van der Waals surface area contributed by atoms with Crippen LogP contribution < -0.4 is 10.4 Å². The monoisotopic (exact) mass is 892 g/mol. The fourth-order valence-corrected chi connectivity index (χ4v) is 14.4. The lowest BCUT2D eigenvalue weighted by Gasteiger charge is -2.45. The third-order valence-corrected chi connectivity index (χ3v) is 18.1. The molecule has 9 aromatic rings. The Kier molecular flexibility index (Phi) is 7.91. The Labute approximate surface area is 408 Å². The largest absolute Gasteiger partial charge is 0.375 e. The van der Waals surface area contributed by atoms with Crippen LogP contribution in [0.5, 0.6) is 0 Å². The molecule has 2 aliphatic heterocycles. The van der Waals surface area contributed by atoms with E-state index in [0.717, 1.165) is 0 Å². The molecule has 69 heavy (non-hydrogen) atoms. The van der Waals surface area contributed by atoms with Crippen LogP contribution in [-0.2, 0) is 27.1 Å². The molecule has 3 aliphatic carbocycles. The van der Waals surface area contributed by atoms with Gasteiger partial charge >= 0.3 is 6.85 Å². The van der Waals surface area contributed by atoms with Crippen molar-refractivity contribution in [2.75, 3.05) is 4.90 Å². The van der Waals surface area contributed by atoms with Crippen molar-refractivity contribution in [3.05, 3.63) is 190 Å². The highest BCUT2D eigenvalue weighted by atomic mass is 15.2. The van der Waals surface area contributed by atoms with Gasteiger partial charge in [0.25, 0.3) is 0 Å². The number of rotatable bonds is 2. The topological polar surface area (TPSA) is 8.17 Å². The second-order valence-corrected chi connectivity index (χ2v) is 24.7. The highest BCUT2D eigenvalue weighted by Gasteiger charge is 2.57. The molecule has 2 nitrogen and oxygen atoms in total. The van der Waals surface area contributed by atoms with Crippen molar-refractivity contribution < 1.29 is 0 Å². The van der Waals surface area contributed by atoms with Crippen molar-refractivity contribution in [1.82, 2.24) is 4.48 Å². The third kappa shape index (κ3) is 5.19. The Morgan fingerprint density at radius 3 is 1.91 bits per heavy atom. The van der Waals surface area contributed by atoms with E-state index >= 15 is 0 Å². The number of para-hydroxylation sites is 1. The van der Waals surface area contributed by atoms with E-state index in [1.165, 1.54) is 146 Å². The lowest BCUT2D eigenvalue weighted by Crippen LogP contribution is -2.53. The van der Waals surface area contributed by atoms with Gasteiger partial charge < -0.3 is 9.38 Å². The number of hydrogen-bond donors (Lipinski definition) is 0. The molecule has 338 valence electrons. The first-order valence-corrected chi connectivity index (χ1v) is 25.6. The van der Waals surface area contributed by atoms with E-state index < -0.39 is 0 Å². The summed E-state index contributed by atoms with van der Waals surface area (Å²) in [4.78, 5) is 2.85. The summed E-state index contributed by atoms with van der Waals surface area (Å²) in [5, 5.41) is 5.27. The van der Waals surface area contributed by atoms with Gasteiger partial charge in [-0.05, 0) is 125 Å². The van der Waals surface area contributed by atoms with Gasteiger partial charge in [-0.3, -0.25) is 0 Å². The molecular weight excluding hydrogens is 832 g/mol. The summed E-state index contributed by atoms with van der Waals surface area (Å²) in [7, 11) is 0. The van der Waals surface area contributed by atoms with Crippen molar-refractivity contribution in [3.63, 3.8) is 0 Å². The number of benzene rings is 8. The predicted octanol–water partition coefficient (Wildman–Crippen LogP) is 16.7. The van der Waals surface area contributed by atoms with Gasteiger partial charge in [0, 0.05) is 66.1 Å². The van der Waals surface area contributed by atoms with Crippen molar-refractivity contribution in [2.45, 2.75) is 116 Å². The van der Waals surface area contributed by atoms with E-state index in [1.807, 2.05) is 0 Å². The van der Waals surface area contributed by atoms with Crippen molar-refractivity contribution in [1.29, 1.82) is 0 Å². The first-order chi connectivity index (χ1) is 32.9. The fourth-order valence-electron chi connectivity index (χ4n) is 14.4. The zero-order valence-electron chi connectivity index (χ0n) is 42.2. The van der Waals surface area contributed by atoms with Gasteiger partial charge in [0.05, 0.1) is 5.69 Å². The lowest BCUT2D eigenvalue weighted by molar-refractivity contribution is 0.331. The Hall–Kier alpha value is -6.58. The Balaban J connectivity index is 1.23. The van der Waals surface area contributed by atoms with Gasteiger partial charge in [-0.2, -0.15) is 0 Å². The normalized spacial score (nSPS) is 18.3. The second-order valence-electron chi connectivity index (χ2n) is 24.7. The zero-order chi connectivity index (χ0) is 47.5. The molecule has 0 unspecified atom stereocenters.